The van der Waals surface area contributed by atoms with E-state index in [1.165, 1.54) is 12.1 Å². The lowest BCUT2D eigenvalue weighted by Crippen LogP contribution is -2.14. The first-order valence-electron chi connectivity index (χ1n) is 4.52. The standard InChI is InChI=1S/C8H9BFOP.C2H6/c1-12(2,11)6-3-4-7(9)8(10)5-6;1-2/h3-5H,1-2H3;1-2H3. The molecular weight excluding hydrogens is 197 g/mol. The van der Waals surface area contributed by atoms with Crippen LogP contribution in [0.3, 0.4) is 0 Å². The third kappa shape index (κ3) is 3.67. The summed E-state index contributed by atoms with van der Waals surface area (Å²) in [6.07, 6.45) is 0. The minimum atomic E-state index is -2.36. The van der Waals surface area contributed by atoms with Gasteiger partial charge in [-0.15, -0.1) is 0 Å². The van der Waals surface area contributed by atoms with E-state index in [0.29, 0.717) is 5.30 Å². The molecule has 1 rings (SSSR count). The quantitative estimate of drug-likeness (QED) is 0.513. The predicted octanol–water partition coefficient (Wildman–Crippen LogP) is 1.89. The molecule has 0 aliphatic rings. The van der Waals surface area contributed by atoms with Gasteiger partial charge in [0.15, 0.2) is 0 Å². The Bertz CT molecular complexity index is 346. The van der Waals surface area contributed by atoms with Crippen molar-refractivity contribution in [2.75, 3.05) is 13.3 Å². The Kier molecular flexibility index (Phi) is 5.14. The molecule has 0 aromatic heterocycles. The summed E-state index contributed by atoms with van der Waals surface area (Å²) in [7, 11) is 2.91. The van der Waals surface area contributed by atoms with E-state index in [1.54, 1.807) is 19.4 Å². The molecule has 0 amide bonds. The fourth-order valence-electron chi connectivity index (χ4n) is 0.851. The van der Waals surface area contributed by atoms with Crippen LogP contribution in [0, 0.1) is 5.82 Å². The zero-order chi connectivity index (χ0) is 11.4. The zero-order valence-corrected chi connectivity index (χ0v) is 9.94. The van der Waals surface area contributed by atoms with Crippen molar-refractivity contribution >= 4 is 25.8 Å². The maximum Gasteiger partial charge on any atom is 0.117 e. The topological polar surface area (TPSA) is 17.1 Å². The Labute approximate surface area is 86.5 Å². The van der Waals surface area contributed by atoms with Crippen molar-refractivity contribution in [3.8, 4) is 0 Å². The first-order chi connectivity index (χ1) is 6.41. The van der Waals surface area contributed by atoms with Crippen LogP contribution in [0.5, 0.6) is 0 Å². The molecule has 0 atom stereocenters. The Morgan fingerprint density at radius 3 is 2.14 bits per heavy atom. The molecule has 1 aromatic rings. The molecule has 0 saturated carbocycles. The fourth-order valence-corrected chi connectivity index (χ4v) is 1.71. The Hall–Kier alpha value is -0.555. The Balaban J connectivity index is 0.000000791. The molecule has 4 heteroatoms. The highest BCUT2D eigenvalue weighted by molar-refractivity contribution is 7.70. The van der Waals surface area contributed by atoms with Gasteiger partial charge in [-0.25, -0.2) is 4.39 Å². The first-order valence-corrected chi connectivity index (χ1v) is 7.12. The van der Waals surface area contributed by atoms with Crippen LogP contribution in [0.25, 0.3) is 0 Å². The molecule has 0 unspecified atom stereocenters. The molecule has 1 nitrogen and oxygen atoms in total. The highest BCUT2D eigenvalue weighted by atomic mass is 31.2. The minimum Gasteiger partial charge on any atom is -0.319 e. The van der Waals surface area contributed by atoms with E-state index in [0.717, 1.165) is 0 Å². The normalized spacial score (nSPS) is 10.4. The van der Waals surface area contributed by atoms with Crippen molar-refractivity contribution in [1.82, 2.24) is 0 Å². The van der Waals surface area contributed by atoms with Crippen LogP contribution in [0.15, 0.2) is 18.2 Å². The second-order valence-electron chi connectivity index (χ2n) is 3.06. The van der Waals surface area contributed by atoms with Gasteiger partial charge in [0.2, 0.25) is 0 Å². The molecule has 1 aromatic carbocycles. The van der Waals surface area contributed by atoms with Crippen molar-refractivity contribution in [1.29, 1.82) is 0 Å². The van der Waals surface area contributed by atoms with Gasteiger partial charge in [-0.3, -0.25) is 0 Å². The van der Waals surface area contributed by atoms with Crippen LogP contribution in [-0.2, 0) is 4.57 Å². The summed E-state index contributed by atoms with van der Waals surface area (Å²) < 4.78 is 24.3. The Morgan fingerprint density at radius 2 is 1.79 bits per heavy atom. The highest BCUT2D eigenvalue weighted by Crippen LogP contribution is 2.34. The van der Waals surface area contributed by atoms with Crippen LogP contribution in [0.2, 0.25) is 0 Å². The lowest BCUT2D eigenvalue weighted by atomic mass is 9.96. The van der Waals surface area contributed by atoms with Crippen LogP contribution in [0.1, 0.15) is 13.8 Å². The Morgan fingerprint density at radius 1 is 1.29 bits per heavy atom. The third-order valence-electron chi connectivity index (χ3n) is 1.61. The molecular formula is C10H15BFOP. The molecule has 14 heavy (non-hydrogen) atoms. The van der Waals surface area contributed by atoms with Gasteiger partial charge >= 0.3 is 0 Å². The van der Waals surface area contributed by atoms with E-state index in [-0.39, 0.29) is 5.46 Å². The molecule has 0 N–H and O–H groups in total. The number of hydrogen-bond donors (Lipinski definition) is 0. The highest BCUT2D eigenvalue weighted by Gasteiger charge is 2.11. The SMILES string of the molecule is CC.[B]c1ccc(P(C)(C)=O)cc1F. The van der Waals surface area contributed by atoms with Crippen molar-refractivity contribution < 1.29 is 8.96 Å². The molecule has 0 heterocycles. The van der Waals surface area contributed by atoms with Gasteiger partial charge < -0.3 is 4.57 Å². The van der Waals surface area contributed by atoms with Crippen molar-refractivity contribution in [3.05, 3.63) is 24.0 Å². The smallest absolute Gasteiger partial charge is 0.117 e. The summed E-state index contributed by atoms with van der Waals surface area (Å²) in [5, 5.41) is 0.522. The van der Waals surface area contributed by atoms with Gasteiger partial charge in [-0.1, -0.05) is 31.4 Å². The first kappa shape index (κ1) is 13.4. The maximum atomic E-state index is 12.9. The number of hydrogen-bond acceptors (Lipinski definition) is 1. The molecule has 0 aliphatic heterocycles. The summed E-state index contributed by atoms with van der Waals surface area (Å²) in [5.41, 5.74) is 0.0900. The van der Waals surface area contributed by atoms with E-state index >= 15 is 0 Å². The second kappa shape index (κ2) is 5.36. The summed E-state index contributed by atoms with van der Waals surface area (Å²) in [5.74, 6) is -0.503. The molecule has 2 radical (unpaired) electrons. The lowest BCUT2D eigenvalue weighted by Gasteiger charge is -2.07. The minimum absolute atomic E-state index is 0.0900. The predicted molar refractivity (Wildman–Crippen MR) is 62.2 cm³/mol. The summed E-state index contributed by atoms with van der Waals surface area (Å²) in [6.45, 7) is 7.19. The fraction of sp³-hybridized carbons (Fsp3) is 0.400. The van der Waals surface area contributed by atoms with Crippen LogP contribution in [0.4, 0.5) is 4.39 Å². The van der Waals surface area contributed by atoms with Gasteiger partial charge in [0.1, 0.15) is 20.8 Å². The lowest BCUT2D eigenvalue weighted by molar-refractivity contribution is 0.587. The van der Waals surface area contributed by atoms with Crippen molar-refractivity contribution in [2.45, 2.75) is 13.8 Å². The monoisotopic (exact) mass is 212 g/mol. The van der Waals surface area contributed by atoms with Crippen molar-refractivity contribution in [3.63, 3.8) is 0 Å². The average molecular weight is 212 g/mol. The van der Waals surface area contributed by atoms with E-state index in [1.807, 2.05) is 13.8 Å². The summed E-state index contributed by atoms with van der Waals surface area (Å²) >= 11 is 0. The molecule has 76 valence electrons. The van der Waals surface area contributed by atoms with Gasteiger partial charge in [-0.05, 0) is 19.4 Å². The largest absolute Gasteiger partial charge is 0.319 e. The van der Waals surface area contributed by atoms with Crippen molar-refractivity contribution in [2.24, 2.45) is 0 Å². The van der Waals surface area contributed by atoms with Crippen LogP contribution < -0.4 is 10.8 Å². The number of halogens is 1. The average Bonchev–Trinajstić information content (AvgIpc) is 2.11. The number of rotatable bonds is 1. The maximum absolute atomic E-state index is 12.9. The molecule has 0 saturated heterocycles. The third-order valence-corrected chi connectivity index (χ3v) is 3.13. The van der Waals surface area contributed by atoms with Gasteiger partial charge in [-0.2, -0.15) is 0 Å². The van der Waals surface area contributed by atoms with Gasteiger partial charge in [0.25, 0.3) is 0 Å². The zero-order valence-electron chi connectivity index (χ0n) is 9.04. The van der Waals surface area contributed by atoms with Gasteiger partial charge in [0.05, 0.1) is 0 Å². The van der Waals surface area contributed by atoms with E-state index in [9.17, 15) is 8.96 Å². The molecule has 0 fully saturated rings. The summed E-state index contributed by atoms with van der Waals surface area (Å²) in [6, 6.07) is 4.26. The van der Waals surface area contributed by atoms with Crippen LogP contribution in [-0.4, -0.2) is 21.2 Å². The van der Waals surface area contributed by atoms with Crippen LogP contribution >= 0.6 is 7.14 Å². The van der Waals surface area contributed by atoms with E-state index in [2.05, 4.69) is 0 Å². The van der Waals surface area contributed by atoms with E-state index < -0.39 is 13.0 Å². The molecule has 0 bridgehead atoms. The second-order valence-corrected chi connectivity index (χ2v) is 6.27. The molecule has 0 spiro atoms. The van der Waals surface area contributed by atoms with E-state index in [4.69, 9.17) is 7.85 Å². The van der Waals surface area contributed by atoms with Gasteiger partial charge in [0, 0.05) is 5.30 Å². The number of benzene rings is 1. The molecule has 0 aliphatic carbocycles. The summed E-state index contributed by atoms with van der Waals surface area (Å²) in [4.78, 5) is 0.